The van der Waals surface area contributed by atoms with E-state index in [1.807, 2.05) is 0 Å². The second kappa shape index (κ2) is 13.6. The van der Waals surface area contributed by atoms with Gasteiger partial charge in [0.15, 0.2) is 6.23 Å². The van der Waals surface area contributed by atoms with Crippen molar-refractivity contribution in [1.29, 1.82) is 0 Å². The smallest absolute Gasteiger partial charge is 0.422 e. The average molecular weight is 597 g/mol. The van der Waals surface area contributed by atoms with E-state index in [1.54, 1.807) is 35.2 Å². The fourth-order valence-corrected chi connectivity index (χ4v) is 4.99. The third-order valence-corrected chi connectivity index (χ3v) is 7.39. The van der Waals surface area contributed by atoms with E-state index in [-0.39, 0.29) is 16.3 Å². The summed E-state index contributed by atoms with van der Waals surface area (Å²) in [4.78, 5) is 17.1. The van der Waals surface area contributed by atoms with Crippen molar-refractivity contribution in [2.75, 3.05) is 40.0 Å². The molecule has 0 spiro atoms. The number of hydrogen-bond donors (Lipinski definition) is 2. The number of nitrogens with zero attached hydrogens (tertiary/aromatic N) is 3. The molecule has 0 aliphatic carbocycles. The maximum atomic E-state index is 13.0. The molecule has 0 saturated carbocycles. The van der Waals surface area contributed by atoms with Gasteiger partial charge in [-0.2, -0.15) is 30.6 Å². The molecule has 39 heavy (non-hydrogen) atoms. The van der Waals surface area contributed by atoms with Gasteiger partial charge in [-0.15, -0.1) is 0 Å². The summed E-state index contributed by atoms with van der Waals surface area (Å²) in [5.41, 5.74) is -0.641. The minimum atomic E-state index is -4.68. The predicted molar refractivity (Wildman–Crippen MR) is 133 cm³/mol. The van der Waals surface area contributed by atoms with Crippen molar-refractivity contribution in [3.05, 3.63) is 58.7 Å². The van der Waals surface area contributed by atoms with Crippen LogP contribution in [0.25, 0.3) is 0 Å². The second-order valence-electron chi connectivity index (χ2n) is 8.48. The highest BCUT2D eigenvalue weighted by molar-refractivity contribution is 7.87. The van der Waals surface area contributed by atoms with Crippen LogP contribution in [0, 0.1) is 0 Å². The summed E-state index contributed by atoms with van der Waals surface area (Å²) < 4.78 is 83.9. The van der Waals surface area contributed by atoms with E-state index in [0.29, 0.717) is 50.6 Å². The van der Waals surface area contributed by atoms with Crippen molar-refractivity contribution in [3.8, 4) is 5.88 Å². The molecule has 0 bridgehead atoms. The first-order chi connectivity index (χ1) is 18.4. The summed E-state index contributed by atoms with van der Waals surface area (Å²) in [7, 11) is -3.05. The predicted octanol–water partition coefficient (Wildman–Crippen LogP) is 3.21. The van der Waals surface area contributed by atoms with Crippen LogP contribution < -0.4 is 9.46 Å². The minimum absolute atomic E-state index is 0.239. The number of amides is 1. The molecule has 16 heteroatoms. The molecule has 216 valence electrons. The SMILES string of the molecule is COCCOC1CCN(C(CNS(=O)(=O)N(Cc2ccccc2)C(=O)O)Oc2ncc(C(F)(F)F)cc2Cl)C1. The van der Waals surface area contributed by atoms with Crippen LogP contribution in [0.2, 0.25) is 5.02 Å². The Morgan fingerprint density at radius 1 is 1.31 bits per heavy atom. The molecule has 1 aromatic heterocycles. The van der Waals surface area contributed by atoms with Crippen LogP contribution in [0.4, 0.5) is 18.0 Å². The molecule has 2 heterocycles. The van der Waals surface area contributed by atoms with Crippen LogP contribution in [0.3, 0.4) is 0 Å². The average Bonchev–Trinajstić information content (AvgIpc) is 3.34. The van der Waals surface area contributed by atoms with Gasteiger partial charge in [0.1, 0.15) is 5.02 Å². The van der Waals surface area contributed by atoms with E-state index in [1.165, 1.54) is 7.11 Å². The molecule has 2 atom stereocenters. The van der Waals surface area contributed by atoms with Crippen LogP contribution in [0.5, 0.6) is 5.88 Å². The van der Waals surface area contributed by atoms with Crippen LogP contribution in [-0.4, -0.2) is 86.1 Å². The molecule has 1 aliphatic rings. The van der Waals surface area contributed by atoms with Gasteiger partial charge in [0, 0.05) is 26.4 Å². The Balaban J connectivity index is 1.78. The van der Waals surface area contributed by atoms with Crippen molar-refractivity contribution in [2.24, 2.45) is 0 Å². The van der Waals surface area contributed by atoms with E-state index in [9.17, 15) is 31.5 Å². The third-order valence-electron chi connectivity index (χ3n) is 5.72. The van der Waals surface area contributed by atoms with E-state index >= 15 is 0 Å². The second-order valence-corrected chi connectivity index (χ2v) is 10.6. The molecule has 1 saturated heterocycles. The van der Waals surface area contributed by atoms with Gasteiger partial charge in [0.25, 0.3) is 0 Å². The fraction of sp³-hybridized carbons (Fsp3) is 0.478. The Hall–Kier alpha value is -2.69. The molecular weight excluding hydrogens is 569 g/mol. The van der Waals surface area contributed by atoms with Crippen molar-refractivity contribution in [2.45, 2.75) is 31.5 Å². The standard InChI is InChI=1S/C23H28ClF3N4O7S/c1-36-9-10-37-18-7-8-30(15-18)20(38-21-19(24)11-17(12-28-21)23(25,26)27)13-29-39(34,35)31(22(32)33)14-16-5-3-2-4-6-16/h2-6,11-12,18,20,29H,7-10,13-15H2,1H3,(H,32,33). The molecule has 2 unspecified atom stereocenters. The number of ether oxygens (including phenoxy) is 3. The van der Waals surface area contributed by atoms with Crippen LogP contribution >= 0.6 is 11.6 Å². The summed E-state index contributed by atoms with van der Waals surface area (Å²) in [6.07, 6.45) is -6.62. The van der Waals surface area contributed by atoms with Crippen molar-refractivity contribution >= 4 is 27.9 Å². The molecule has 1 aromatic carbocycles. The zero-order valence-electron chi connectivity index (χ0n) is 20.8. The lowest BCUT2D eigenvalue weighted by atomic mass is 10.2. The van der Waals surface area contributed by atoms with E-state index in [4.69, 9.17) is 25.8 Å². The lowest BCUT2D eigenvalue weighted by Crippen LogP contribution is -2.51. The first-order valence-electron chi connectivity index (χ1n) is 11.7. The van der Waals surface area contributed by atoms with Gasteiger partial charge in [0.05, 0.1) is 38.0 Å². The normalized spacial score (nSPS) is 17.2. The number of benzene rings is 1. The number of hydrogen-bond acceptors (Lipinski definition) is 8. The fourth-order valence-electron chi connectivity index (χ4n) is 3.75. The summed E-state index contributed by atoms with van der Waals surface area (Å²) in [6, 6.07) is 8.77. The molecule has 1 fully saturated rings. The van der Waals surface area contributed by atoms with Gasteiger partial charge in [-0.1, -0.05) is 41.9 Å². The Morgan fingerprint density at radius 3 is 2.64 bits per heavy atom. The van der Waals surface area contributed by atoms with Crippen LogP contribution in [-0.2, 0) is 32.4 Å². The number of aromatic nitrogens is 1. The van der Waals surface area contributed by atoms with Gasteiger partial charge in [0.2, 0.25) is 5.88 Å². The largest absolute Gasteiger partial charge is 0.464 e. The molecule has 0 radical (unpaired) electrons. The van der Waals surface area contributed by atoms with Crippen molar-refractivity contribution < 1.29 is 45.7 Å². The Morgan fingerprint density at radius 2 is 2.03 bits per heavy atom. The van der Waals surface area contributed by atoms with Crippen LogP contribution in [0.1, 0.15) is 17.5 Å². The molecular formula is C23H28ClF3N4O7S. The lowest BCUT2D eigenvalue weighted by molar-refractivity contribution is -0.137. The monoisotopic (exact) mass is 596 g/mol. The zero-order valence-corrected chi connectivity index (χ0v) is 22.4. The quantitative estimate of drug-likeness (QED) is 0.335. The number of methoxy groups -OCH3 is 1. The highest BCUT2D eigenvalue weighted by atomic mass is 35.5. The number of halogens is 4. The zero-order chi connectivity index (χ0) is 28.6. The van der Waals surface area contributed by atoms with E-state index in [2.05, 4.69) is 9.71 Å². The van der Waals surface area contributed by atoms with Gasteiger partial charge >= 0.3 is 22.5 Å². The molecule has 1 aliphatic heterocycles. The first kappa shape index (κ1) is 30.8. The van der Waals surface area contributed by atoms with Gasteiger partial charge < -0.3 is 19.3 Å². The number of likely N-dealkylation sites (tertiary alicyclic amines) is 1. The number of rotatable bonds is 13. The summed E-state index contributed by atoms with van der Waals surface area (Å²) >= 11 is 6.00. The molecule has 2 aromatic rings. The number of pyridine rings is 1. The lowest BCUT2D eigenvalue weighted by Gasteiger charge is -2.29. The maximum Gasteiger partial charge on any atom is 0.422 e. The van der Waals surface area contributed by atoms with E-state index < -0.39 is 52.4 Å². The minimum Gasteiger partial charge on any atom is -0.464 e. The first-order valence-corrected chi connectivity index (χ1v) is 13.5. The molecule has 11 nitrogen and oxygen atoms in total. The van der Waals surface area contributed by atoms with Crippen molar-refractivity contribution in [1.82, 2.24) is 18.9 Å². The summed E-state index contributed by atoms with van der Waals surface area (Å²) in [5, 5.41) is 9.14. The Bertz CT molecular complexity index is 1210. The Labute approximate surface area is 228 Å². The number of carboxylic acid groups (broad SMARTS) is 1. The highest BCUT2D eigenvalue weighted by Crippen LogP contribution is 2.33. The Kier molecular flexibility index (Phi) is 10.7. The molecule has 2 N–H and O–H groups in total. The van der Waals surface area contributed by atoms with E-state index in [0.717, 1.165) is 0 Å². The van der Waals surface area contributed by atoms with Crippen LogP contribution in [0.15, 0.2) is 42.6 Å². The van der Waals surface area contributed by atoms with Gasteiger partial charge in [-0.25, -0.2) is 9.78 Å². The maximum absolute atomic E-state index is 13.0. The summed E-state index contributed by atoms with van der Waals surface area (Å²) in [5.74, 6) is -0.350. The number of alkyl halides is 3. The van der Waals surface area contributed by atoms with Crippen molar-refractivity contribution in [3.63, 3.8) is 0 Å². The third kappa shape index (κ3) is 8.91. The molecule has 1 amide bonds. The highest BCUT2D eigenvalue weighted by Gasteiger charge is 2.35. The van der Waals surface area contributed by atoms with Gasteiger partial charge in [-0.3, -0.25) is 4.90 Å². The van der Waals surface area contributed by atoms with Gasteiger partial charge in [-0.05, 0) is 18.1 Å². The number of carbonyl (C=O) groups is 1. The topological polar surface area (TPSA) is 131 Å². The number of nitrogens with one attached hydrogen (secondary N) is 1. The molecule has 3 rings (SSSR count). The summed E-state index contributed by atoms with van der Waals surface area (Å²) in [6.45, 7) is 0.462.